The molecule has 0 bridgehead atoms. The molecule has 0 saturated heterocycles. The van der Waals surface area contributed by atoms with Crippen molar-refractivity contribution in [3.05, 3.63) is 0 Å². The van der Waals surface area contributed by atoms with E-state index in [0.29, 0.717) is 6.42 Å². The molecule has 0 radical (unpaired) electrons. The van der Waals surface area contributed by atoms with Crippen LogP contribution >= 0.6 is 12.2 Å². The lowest BCUT2D eigenvalue weighted by molar-refractivity contribution is 0.177. The van der Waals surface area contributed by atoms with Crippen LogP contribution in [-0.4, -0.2) is 32.7 Å². The molecule has 0 aromatic carbocycles. The van der Waals surface area contributed by atoms with E-state index in [0.717, 1.165) is 7.11 Å². The molecule has 88 valence electrons. The third-order valence-electron chi connectivity index (χ3n) is 1.45. The summed E-state index contributed by atoms with van der Waals surface area (Å²) in [4.78, 5) is 10.7. The molecule has 9 heteroatoms. The van der Waals surface area contributed by atoms with Gasteiger partial charge in [0.2, 0.25) is 0 Å². The molecule has 0 saturated carbocycles. The molecular formula is C6H13N3O4S2. The highest BCUT2D eigenvalue weighted by Gasteiger charge is 2.20. The summed E-state index contributed by atoms with van der Waals surface area (Å²) in [7, 11) is -2.94. The monoisotopic (exact) mass is 255 g/mol. The van der Waals surface area contributed by atoms with Gasteiger partial charge in [0.1, 0.15) is 0 Å². The van der Waals surface area contributed by atoms with Crippen LogP contribution in [0.4, 0.5) is 4.79 Å². The molecule has 0 heterocycles. The molecule has 0 aliphatic rings. The smallest absolute Gasteiger partial charge is 0.421 e. The molecular weight excluding hydrogens is 242 g/mol. The number of nitrogens with two attached hydrogens (primary N) is 1. The number of carbonyl (C=O) groups excluding carboxylic acids is 1. The summed E-state index contributed by atoms with van der Waals surface area (Å²) < 4.78 is 30.3. The standard InChI is InChI=1S/C6H13N3O4S2/c1-3-4(5(7)14)8-15(11,12)9-6(10)13-2/h4,8H,3H2,1-2H3,(H2,7,14)(H,9,10). The van der Waals surface area contributed by atoms with Crippen LogP contribution in [0.15, 0.2) is 0 Å². The molecule has 0 spiro atoms. The number of nitrogens with one attached hydrogen (secondary N) is 2. The number of carbonyl (C=O) groups is 1. The average molecular weight is 255 g/mol. The number of hydrogen-bond donors (Lipinski definition) is 3. The minimum atomic E-state index is -3.99. The summed E-state index contributed by atoms with van der Waals surface area (Å²) in [6.07, 6.45) is -0.697. The SMILES string of the molecule is CCC(NS(=O)(=O)NC(=O)OC)C(N)=S. The third kappa shape index (κ3) is 5.50. The maximum atomic E-state index is 11.2. The van der Waals surface area contributed by atoms with Gasteiger partial charge in [-0.2, -0.15) is 13.1 Å². The second kappa shape index (κ2) is 5.83. The molecule has 4 N–H and O–H groups in total. The lowest BCUT2D eigenvalue weighted by Crippen LogP contribution is -2.49. The Bertz CT molecular complexity index is 340. The summed E-state index contributed by atoms with van der Waals surface area (Å²) in [5, 5.41) is 0. The number of thiocarbonyl (C=S) groups is 1. The Morgan fingerprint density at radius 3 is 2.47 bits per heavy atom. The number of rotatable bonds is 5. The molecule has 0 fully saturated rings. The summed E-state index contributed by atoms with van der Waals surface area (Å²) in [5.74, 6) is 0. The van der Waals surface area contributed by atoms with Gasteiger partial charge < -0.3 is 10.5 Å². The maximum absolute atomic E-state index is 11.2. The summed E-state index contributed by atoms with van der Waals surface area (Å²) in [6, 6.07) is -0.692. The van der Waals surface area contributed by atoms with Crippen molar-refractivity contribution < 1.29 is 17.9 Å². The fraction of sp³-hybridized carbons (Fsp3) is 0.667. The predicted octanol–water partition coefficient (Wildman–Crippen LogP) is -0.758. The zero-order chi connectivity index (χ0) is 12.1. The van der Waals surface area contributed by atoms with Gasteiger partial charge in [-0.05, 0) is 6.42 Å². The first-order valence-corrected chi connectivity index (χ1v) is 5.88. The van der Waals surface area contributed by atoms with Gasteiger partial charge in [-0.1, -0.05) is 19.1 Å². The van der Waals surface area contributed by atoms with E-state index in [1.54, 1.807) is 11.6 Å². The molecule has 15 heavy (non-hydrogen) atoms. The number of methoxy groups -OCH3 is 1. The van der Waals surface area contributed by atoms with E-state index in [9.17, 15) is 13.2 Å². The summed E-state index contributed by atoms with van der Waals surface area (Å²) in [6.45, 7) is 1.70. The normalized spacial score (nSPS) is 12.9. The van der Waals surface area contributed by atoms with Crippen molar-refractivity contribution >= 4 is 33.5 Å². The van der Waals surface area contributed by atoms with Gasteiger partial charge >= 0.3 is 16.3 Å². The van der Waals surface area contributed by atoms with Crippen LogP contribution in [0.25, 0.3) is 0 Å². The van der Waals surface area contributed by atoms with Gasteiger partial charge in [0, 0.05) is 0 Å². The quantitative estimate of drug-likeness (QED) is 0.557. The molecule has 7 nitrogen and oxygen atoms in total. The van der Waals surface area contributed by atoms with E-state index in [2.05, 4.69) is 21.7 Å². The van der Waals surface area contributed by atoms with Crippen LogP contribution < -0.4 is 15.2 Å². The van der Waals surface area contributed by atoms with Gasteiger partial charge in [0.05, 0.1) is 18.1 Å². The molecule has 1 amide bonds. The van der Waals surface area contributed by atoms with Crippen LogP contribution in [0.5, 0.6) is 0 Å². The van der Waals surface area contributed by atoms with E-state index >= 15 is 0 Å². The van der Waals surface area contributed by atoms with E-state index in [1.807, 2.05) is 0 Å². The Morgan fingerprint density at radius 1 is 1.60 bits per heavy atom. The van der Waals surface area contributed by atoms with Crippen LogP contribution in [-0.2, 0) is 14.9 Å². The zero-order valence-corrected chi connectivity index (χ0v) is 9.94. The van der Waals surface area contributed by atoms with Gasteiger partial charge in [-0.15, -0.1) is 0 Å². The maximum Gasteiger partial charge on any atom is 0.421 e. The Kier molecular flexibility index (Phi) is 5.47. The molecule has 0 aromatic rings. The van der Waals surface area contributed by atoms with Crippen LogP contribution in [0.2, 0.25) is 0 Å². The van der Waals surface area contributed by atoms with Gasteiger partial charge in [0.15, 0.2) is 0 Å². The first kappa shape index (κ1) is 14.1. The number of amides is 1. The Morgan fingerprint density at radius 2 is 2.13 bits per heavy atom. The van der Waals surface area contributed by atoms with Crippen molar-refractivity contribution in [3.8, 4) is 0 Å². The number of hydrogen-bond acceptors (Lipinski definition) is 5. The van der Waals surface area contributed by atoms with Crippen LogP contribution in [0.3, 0.4) is 0 Å². The summed E-state index contributed by atoms with van der Waals surface area (Å²) >= 11 is 4.63. The van der Waals surface area contributed by atoms with Gasteiger partial charge in [0.25, 0.3) is 0 Å². The van der Waals surface area contributed by atoms with Crippen molar-refractivity contribution in [2.45, 2.75) is 19.4 Å². The minimum Gasteiger partial charge on any atom is -0.452 e. The second-order valence-corrected chi connectivity index (χ2v) is 4.50. The topological polar surface area (TPSA) is 111 Å². The first-order chi connectivity index (χ1) is 6.82. The first-order valence-electron chi connectivity index (χ1n) is 3.99. The highest BCUT2D eigenvalue weighted by molar-refractivity contribution is 7.88. The fourth-order valence-corrected chi connectivity index (χ4v) is 2.04. The largest absolute Gasteiger partial charge is 0.452 e. The van der Waals surface area contributed by atoms with Crippen molar-refractivity contribution in [2.24, 2.45) is 5.73 Å². The molecule has 0 aliphatic carbocycles. The average Bonchev–Trinajstić information content (AvgIpc) is 2.13. The van der Waals surface area contributed by atoms with E-state index in [-0.39, 0.29) is 4.99 Å². The van der Waals surface area contributed by atoms with Crippen LogP contribution in [0, 0.1) is 0 Å². The van der Waals surface area contributed by atoms with E-state index in [4.69, 9.17) is 5.73 Å². The number of ether oxygens (including phenoxy) is 1. The molecule has 1 unspecified atom stereocenters. The molecule has 0 aromatic heterocycles. The lowest BCUT2D eigenvalue weighted by Gasteiger charge is -2.15. The van der Waals surface area contributed by atoms with E-state index in [1.165, 1.54) is 0 Å². The lowest BCUT2D eigenvalue weighted by atomic mass is 10.2. The van der Waals surface area contributed by atoms with Gasteiger partial charge in [-0.25, -0.2) is 9.52 Å². The molecule has 1 atom stereocenters. The third-order valence-corrected chi connectivity index (χ3v) is 2.77. The highest BCUT2D eigenvalue weighted by Crippen LogP contribution is 1.94. The van der Waals surface area contributed by atoms with Crippen molar-refractivity contribution in [1.82, 2.24) is 9.44 Å². The van der Waals surface area contributed by atoms with E-state index < -0.39 is 22.3 Å². The Balaban J connectivity index is 4.49. The van der Waals surface area contributed by atoms with Crippen molar-refractivity contribution in [2.75, 3.05) is 7.11 Å². The second-order valence-electron chi connectivity index (χ2n) is 2.58. The minimum absolute atomic E-state index is 0.00717. The molecule has 0 rings (SSSR count). The van der Waals surface area contributed by atoms with Gasteiger partial charge in [-0.3, -0.25) is 0 Å². The Labute approximate surface area is 93.5 Å². The fourth-order valence-electron chi connectivity index (χ4n) is 0.711. The van der Waals surface area contributed by atoms with Crippen LogP contribution in [0.1, 0.15) is 13.3 Å². The zero-order valence-electron chi connectivity index (χ0n) is 8.31. The summed E-state index contributed by atoms with van der Waals surface area (Å²) in [5.41, 5.74) is 5.28. The predicted molar refractivity (Wildman–Crippen MR) is 58.5 cm³/mol. The van der Waals surface area contributed by atoms with Crippen molar-refractivity contribution in [1.29, 1.82) is 0 Å². The Hall–Kier alpha value is -0.930. The highest BCUT2D eigenvalue weighted by atomic mass is 32.2. The molecule has 0 aliphatic heterocycles. The van der Waals surface area contributed by atoms with Crippen molar-refractivity contribution in [3.63, 3.8) is 0 Å².